The van der Waals surface area contributed by atoms with Crippen LogP contribution >= 0.6 is 0 Å². The van der Waals surface area contributed by atoms with E-state index in [0.717, 1.165) is 35.1 Å². The molecule has 37 heavy (non-hydrogen) atoms. The third-order valence-electron chi connectivity index (χ3n) is 6.57. The number of piperidine rings is 1. The Balaban J connectivity index is 1.62. The molecule has 1 aliphatic heterocycles. The lowest BCUT2D eigenvalue weighted by Gasteiger charge is -2.38. The summed E-state index contributed by atoms with van der Waals surface area (Å²) in [5, 5.41) is 9.50. The maximum atomic E-state index is 12.5. The van der Waals surface area contributed by atoms with E-state index >= 15 is 0 Å². The molecule has 8 nitrogen and oxygen atoms in total. The average molecular weight is 512 g/mol. The molecule has 0 saturated carbocycles. The first-order valence-electron chi connectivity index (χ1n) is 13.1. The van der Waals surface area contributed by atoms with Crippen LogP contribution in [-0.4, -0.2) is 76.9 Å². The highest BCUT2D eigenvalue weighted by atomic mass is 16.6. The summed E-state index contributed by atoms with van der Waals surface area (Å²) in [5.74, 6) is -0.134. The highest BCUT2D eigenvalue weighted by molar-refractivity contribution is 5.78. The molecule has 0 bridgehead atoms. The zero-order valence-corrected chi connectivity index (χ0v) is 23.0. The van der Waals surface area contributed by atoms with Crippen molar-refractivity contribution >= 4 is 12.1 Å². The van der Waals surface area contributed by atoms with Gasteiger partial charge in [0, 0.05) is 37.9 Å². The Morgan fingerprint density at radius 1 is 1.24 bits per heavy atom. The van der Waals surface area contributed by atoms with Gasteiger partial charge < -0.3 is 19.5 Å². The normalized spacial score (nSPS) is 16.2. The molecule has 2 aromatic rings. The summed E-state index contributed by atoms with van der Waals surface area (Å²) in [7, 11) is 2.05. The van der Waals surface area contributed by atoms with Crippen LogP contribution in [0.2, 0.25) is 0 Å². The smallest absolute Gasteiger partial charge is 0.410 e. The van der Waals surface area contributed by atoms with E-state index in [0.29, 0.717) is 32.1 Å². The molecular formula is C29H41N3O5. The number of hydrogen-bond acceptors (Lipinski definition) is 6. The van der Waals surface area contributed by atoms with Gasteiger partial charge in [-0.25, -0.2) is 9.78 Å². The summed E-state index contributed by atoms with van der Waals surface area (Å²) >= 11 is 0. The van der Waals surface area contributed by atoms with E-state index in [2.05, 4.69) is 23.7 Å². The number of carboxylic acid groups (broad SMARTS) is 1. The number of benzene rings is 1. The number of likely N-dealkylation sites (N-methyl/N-ethyl adjacent to an activating group) is 1. The number of pyridine rings is 1. The molecule has 1 saturated heterocycles. The van der Waals surface area contributed by atoms with Crippen LogP contribution in [0.1, 0.15) is 64.5 Å². The van der Waals surface area contributed by atoms with Gasteiger partial charge in [0.15, 0.2) is 0 Å². The monoisotopic (exact) mass is 511 g/mol. The second-order valence-electron chi connectivity index (χ2n) is 11.0. The number of hydrogen-bond donors (Lipinski definition) is 1. The van der Waals surface area contributed by atoms with Crippen LogP contribution in [0.25, 0.3) is 11.1 Å². The summed E-state index contributed by atoms with van der Waals surface area (Å²) < 4.78 is 11.5. The number of aliphatic carboxylic acids is 1. The van der Waals surface area contributed by atoms with Crippen LogP contribution in [0.3, 0.4) is 0 Å². The average Bonchev–Trinajstić information content (AvgIpc) is 2.83. The Labute approximate surface area is 220 Å². The second-order valence-corrected chi connectivity index (χ2v) is 11.0. The Hall–Kier alpha value is -3.13. The fourth-order valence-corrected chi connectivity index (χ4v) is 4.70. The zero-order valence-electron chi connectivity index (χ0n) is 23.0. The molecule has 1 aromatic carbocycles. The van der Waals surface area contributed by atoms with E-state index in [-0.39, 0.29) is 24.5 Å². The third-order valence-corrected chi connectivity index (χ3v) is 6.57. The van der Waals surface area contributed by atoms with Crippen LogP contribution in [0.4, 0.5) is 4.79 Å². The van der Waals surface area contributed by atoms with Gasteiger partial charge in [0.25, 0.3) is 0 Å². The van der Waals surface area contributed by atoms with E-state index in [1.165, 1.54) is 0 Å². The minimum atomic E-state index is -0.851. The Kier molecular flexibility index (Phi) is 9.54. The van der Waals surface area contributed by atoms with Crippen molar-refractivity contribution in [1.29, 1.82) is 0 Å². The largest absolute Gasteiger partial charge is 0.481 e. The first-order chi connectivity index (χ1) is 17.4. The van der Waals surface area contributed by atoms with Gasteiger partial charge in [0.05, 0.1) is 6.42 Å². The van der Waals surface area contributed by atoms with Gasteiger partial charge in [-0.15, -0.1) is 0 Å². The molecule has 0 radical (unpaired) electrons. The molecule has 0 aliphatic carbocycles. The van der Waals surface area contributed by atoms with Crippen molar-refractivity contribution in [3.05, 3.63) is 47.7 Å². The molecular weight excluding hydrogens is 470 g/mol. The van der Waals surface area contributed by atoms with Crippen molar-refractivity contribution in [2.45, 2.75) is 71.4 Å². The van der Waals surface area contributed by atoms with E-state index in [4.69, 9.17) is 9.47 Å². The van der Waals surface area contributed by atoms with Gasteiger partial charge >= 0.3 is 12.1 Å². The van der Waals surface area contributed by atoms with Crippen molar-refractivity contribution in [3.8, 4) is 17.0 Å². The van der Waals surface area contributed by atoms with Crippen LogP contribution < -0.4 is 4.74 Å². The van der Waals surface area contributed by atoms with Crippen molar-refractivity contribution in [3.63, 3.8) is 0 Å². The molecule has 202 valence electrons. The Morgan fingerprint density at radius 2 is 2.00 bits per heavy atom. The first-order valence-corrected chi connectivity index (χ1v) is 13.1. The van der Waals surface area contributed by atoms with Crippen LogP contribution in [0.15, 0.2) is 36.5 Å². The van der Waals surface area contributed by atoms with Crippen molar-refractivity contribution in [2.24, 2.45) is 0 Å². The number of amides is 1. The topological polar surface area (TPSA) is 92.2 Å². The van der Waals surface area contributed by atoms with Gasteiger partial charge in [-0.1, -0.05) is 32.0 Å². The fraction of sp³-hybridized carbons (Fsp3) is 0.552. The molecule has 1 atom stereocenters. The van der Waals surface area contributed by atoms with Crippen molar-refractivity contribution in [2.75, 3.05) is 33.3 Å². The van der Waals surface area contributed by atoms with Crippen LogP contribution in [0.5, 0.6) is 5.88 Å². The maximum Gasteiger partial charge on any atom is 0.410 e. The number of rotatable bonds is 9. The van der Waals surface area contributed by atoms with Crippen LogP contribution in [-0.2, 0) is 16.0 Å². The molecule has 0 spiro atoms. The van der Waals surface area contributed by atoms with Crippen LogP contribution in [0, 0.1) is 0 Å². The molecule has 1 fully saturated rings. The lowest BCUT2D eigenvalue weighted by Crippen LogP contribution is -2.50. The van der Waals surface area contributed by atoms with E-state index in [1.54, 1.807) is 11.1 Å². The summed E-state index contributed by atoms with van der Waals surface area (Å²) in [6, 6.07) is 9.91. The summed E-state index contributed by atoms with van der Waals surface area (Å²) in [5.41, 5.74) is 3.14. The number of carboxylic acids is 1. The van der Waals surface area contributed by atoms with E-state index in [1.807, 2.05) is 58.2 Å². The standard InChI is InChI=1S/C29H41N3O5/c1-20(2)23-10-7-11-24(25(23)18-27(33)34)21-12-13-30-26(17-21)36-16-15-31(6)22-9-8-14-32(19-22)28(35)37-29(3,4)5/h7,10-13,17,20,22H,8-9,14-16,18-19H2,1-6H3,(H,33,34). The van der Waals surface area contributed by atoms with E-state index in [9.17, 15) is 14.7 Å². The molecule has 1 N–H and O–H groups in total. The minimum absolute atomic E-state index is 0.0330. The van der Waals surface area contributed by atoms with Crippen molar-refractivity contribution in [1.82, 2.24) is 14.8 Å². The number of carbonyl (C=O) groups excluding carboxylic acids is 1. The van der Waals surface area contributed by atoms with Gasteiger partial charge in [-0.05, 0) is 74.9 Å². The number of carbonyl (C=O) groups is 2. The van der Waals surface area contributed by atoms with Gasteiger partial charge in [0.2, 0.25) is 5.88 Å². The van der Waals surface area contributed by atoms with Gasteiger partial charge in [-0.3, -0.25) is 9.69 Å². The highest BCUT2D eigenvalue weighted by Crippen LogP contribution is 2.32. The second kappa shape index (κ2) is 12.4. The summed E-state index contributed by atoms with van der Waals surface area (Å²) in [6.07, 6.45) is 3.36. The SMILES string of the molecule is CC(C)c1cccc(-c2ccnc(OCCN(C)C3CCCN(C(=O)OC(C)(C)C)C3)c2)c1CC(=O)O. The first kappa shape index (κ1) is 28.4. The lowest BCUT2D eigenvalue weighted by molar-refractivity contribution is -0.136. The Morgan fingerprint density at radius 3 is 2.68 bits per heavy atom. The molecule has 1 amide bonds. The zero-order chi connectivity index (χ0) is 27.2. The highest BCUT2D eigenvalue weighted by Gasteiger charge is 2.29. The molecule has 1 aliphatic rings. The Bertz CT molecular complexity index is 1080. The third kappa shape index (κ3) is 8.18. The predicted molar refractivity (Wildman–Crippen MR) is 144 cm³/mol. The number of ether oxygens (including phenoxy) is 2. The molecule has 2 heterocycles. The quantitative estimate of drug-likeness (QED) is 0.494. The lowest BCUT2D eigenvalue weighted by atomic mass is 9.89. The summed E-state index contributed by atoms with van der Waals surface area (Å²) in [6.45, 7) is 12.3. The minimum Gasteiger partial charge on any atom is -0.481 e. The predicted octanol–water partition coefficient (Wildman–Crippen LogP) is 5.21. The number of nitrogens with zero attached hydrogens (tertiary/aromatic N) is 3. The van der Waals surface area contributed by atoms with Crippen molar-refractivity contribution < 1.29 is 24.2 Å². The molecule has 8 heteroatoms. The maximum absolute atomic E-state index is 12.5. The molecule has 1 unspecified atom stereocenters. The van der Waals surface area contributed by atoms with E-state index < -0.39 is 11.6 Å². The summed E-state index contributed by atoms with van der Waals surface area (Å²) in [4.78, 5) is 32.4. The number of aromatic nitrogens is 1. The number of likely N-dealkylation sites (tertiary alicyclic amines) is 1. The van der Waals surface area contributed by atoms with Gasteiger partial charge in [-0.2, -0.15) is 0 Å². The molecule has 1 aromatic heterocycles. The fourth-order valence-electron chi connectivity index (χ4n) is 4.70. The van der Waals surface area contributed by atoms with Gasteiger partial charge in [0.1, 0.15) is 12.2 Å². The molecule has 3 rings (SSSR count).